The molecule has 4 rings (SSSR count). The maximum absolute atomic E-state index is 12.8. The molecule has 3 aromatic carbocycles. The Bertz CT molecular complexity index is 1350. The van der Waals surface area contributed by atoms with Crippen LogP contribution in [0.4, 0.5) is 5.69 Å². The maximum Gasteiger partial charge on any atom is 0.253 e. The van der Waals surface area contributed by atoms with E-state index in [4.69, 9.17) is 0 Å². The Hall–Kier alpha value is -4.37. The van der Waals surface area contributed by atoms with Gasteiger partial charge in [-0.2, -0.15) is 5.21 Å². The van der Waals surface area contributed by atoms with Gasteiger partial charge in [0.15, 0.2) is 0 Å². The van der Waals surface area contributed by atoms with E-state index in [0.29, 0.717) is 43.1 Å². The molecule has 0 saturated heterocycles. The third-order valence-electron chi connectivity index (χ3n) is 6.74. The molecule has 9 nitrogen and oxygen atoms in total. The van der Waals surface area contributed by atoms with Crippen LogP contribution in [-0.4, -0.2) is 56.5 Å². The van der Waals surface area contributed by atoms with Crippen LogP contribution in [0.3, 0.4) is 0 Å². The highest BCUT2D eigenvalue weighted by atomic mass is 16.2. The molecule has 202 valence electrons. The predicted octanol–water partition coefficient (Wildman–Crippen LogP) is 4.91. The number of amides is 2. The summed E-state index contributed by atoms with van der Waals surface area (Å²) in [7, 11) is 0. The van der Waals surface area contributed by atoms with Gasteiger partial charge in [0.25, 0.3) is 5.91 Å². The van der Waals surface area contributed by atoms with E-state index in [1.165, 1.54) is 0 Å². The normalized spacial score (nSPS) is 11.7. The van der Waals surface area contributed by atoms with Crippen molar-refractivity contribution in [3.05, 3.63) is 83.9 Å². The van der Waals surface area contributed by atoms with Gasteiger partial charge in [0, 0.05) is 48.9 Å². The minimum Gasteiger partial charge on any atom is -0.339 e. The van der Waals surface area contributed by atoms with E-state index in [2.05, 4.69) is 68.5 Å². The van der Waals surface area contributed by atoms with E-state index >= 15 is 0 Å². The number of nitrogens with one attached hydrogen (secondary N) is 3. The molecular weight excluding hydrogens is 490 g/mol. The average Bonchev–Trinajstić information content (AvgIpc) is 3.52. The van der Waals surface area contributed by atoms with Crippen LogP contribution in [0.5, 0.6) is 0 Å². The summed E-state index contributed by atoms with van der Waals surface area (Å²) in [5, 5.41) is 21.1. The second-order valence-electron chi connectivity index (χ2n) is 9.27. The van der Waals surface area contributed by atoms with Gasteiger partial charge >= 0.3 is 0 Å². The Morgan fingerprint density at radius 2 is 1.67 bits per heavy atom. The topological polar surface area (TPSA) is 116 Å². The smallest absolute Gasteiger partial charge is 0.253 e. The van der Waals surface area contributed by atoms with Gasteiger partial charge in [-0.25, -0.2) is 0 Å². The van der Waals surface area contributed by atoms with Crippen molar-refractivity contribution >= 4 is 17.5 Å². The molecule has 0 bridgehead atoms. The molecule has 0 aliphatic heterocycles. The quantitative estimate of drug-likeness (QED) is 0.242. The van der Waals surface area contributed by atoms with Gasteiger partial charge in [-0.05, 0) is 72.5 Å². The predicted molar refractivity (Wildman–Crippen MR) is 153 cm³/mol. The lowest BCUT2D eigenvalue weighted by Crippen LogP contribution is -2.32. The Kier molecular flexibility index (Phi) is 9.53. The van der Waals surface area contributed by atoms with Crippen molar-refractivity contribution in [3.63, 3.8) is 0 Å². The number of nitrogens with zero attached hydrogens (tertiary/aromatic N) is 4. The third kappa shape index (κ3) is 7.14. The van der Waals surface area contributed by atoms with E-state index in [-0.39, 0.29) is 17.9 Å². The number of tetrazole rings is 1. The van der Waals surface area contributed by atoms with Gasteiger partial charge in [-0.1, -0.05) is 49.4 Å². The van der Waals surface area contributed by atoms with Gasteiger partial charge in [0.1, 0.15) is 0 Å². The van der Waals surface area contributed by atoms with E-state index in [1.807, 2.05) is 32.0 Å². The van der Waals surface area contributed by atoms with E-state index < -0.39 is 0 Å². The summed E-state index contributed by atoms with van der Waals surface area (Å²) in [6.07, 6.45) is 1.13. The van der Waals surface area contributed by atoms with Crippen LogP contribution in [-0.2, 0) is 11.3 Å². The number of hydrogen-bond donors (Lipinski definition) is 3. The lowest BCUT2D eigenvalue weighted by Gasteiger charge is -2.19. The van der Waals surface area contributed by atoms with Crippen LogP contribution in [0, 0.1) is 0 Å². The highest BCUT2D eigenvalue weighted by Crippen LogP contribution is 2.30. The van der Waals surface area contributed by atoms with Crippen molar-refractivity contribution < 1.29 is 9.59 Å². The first-order valence-electron chi connectivity index (χ1n) is 13.4. The Labute approximate surface area is 229 Å². The van der Waals surface area contributed by atoms with Crippen molar-refractivity contribution in [1.82, 2.24) is 30.8 Å². The first-order chi connectivity index (χ1) is 19.0. The van der Waals surface area contributed by atoms with Gasteiger partial charge < -0.3 is 15.5 Å². The van der Waals surface area contributed by atoms with Crippen LogP contribution in [0.15, 0.2) is 72.8 Å². The summed E-state index contributed by atoms with van der Waals surface area (Å²) in [4.78, 5) is 27.1. The minimum absolute atomic E-state index is 0.00376. The molecule has 1 aromatic heterocycles. The largest absolute Gasteiger partial charge is 0.339 e. The second kappa shape index (κ2) is 13.4. The van der Waals surface area contributed by atoms with Crippen molar-refractivity contribution in [2.75, 3.05) is 18.4 Å². The number of aromatic amines is 1. The molecule has 9 heteroatoms. The molecule has 39 heavy (non-hydrogen) atoms. The third-order valence-corrected chi connectivity index (χ3v) is 6.74. The molecular formula is C30H35N7O2. The monoisotopic (exact) mass is 525 g/mol. The standard InChI is InChI=1S/C30H35N7O2/c1-4-24(19-28(38)32-25-15-13-23(14-16-25)30(39)37(5-2)6-3)31-20-21-12-17-26(22-10-8-7-9-11-22)27(18-21)29-33-35-36-34-29/h7-18,24,31H,4-6,19-20H2,1-3H3,(H,32,38)(H,33,34,35,36). The van der Waals surface area contributed by atoms with E-state index in [1.54, 1.807) is 29.2 Å². The summed E-state index contributed by atoms with van der Waals surface area (Å²) >= 11 is 0. The van der Waals surface area contributed by atoms with Crippen molar-refractivity contribution in [2.45, 2.75) is 46.2 Å². The Balaban J connectivity index is 1.37. The minimum atomic E-state index is -0.0796. The molecule has 1 unspecified atom stereocenters. The van der Waals surface area contributed by atoms with E-state index in [0.717, 1.165) is 28.7 Å². The van der Waals surface area contributed by atoms with Crippen molar-refractivity contribution in [3.8, 4) is 22.5 Å². The number of aromatic nitrogens is 4. The fourth-order valence-corrected chi connectivity index (χ4v) is 4.48. The van der Waals surface area contributed by atoms with E-state index in [9.17, 15) is 9.59 Å². The SMILES string of the molecule is CCC(CC(=O)Nc1ccc(C(=O)N(CC)CC)cc1)NCc1ccc(-c2ccccc2)c(-c2nn[nH]n2)c1. The zero-order valence-corrected chi connectivity index (χ0v) is 22.6. The van der Waals surface area contributed by atoms with Gasteiger partial charge in [0.05, 0.1) is 0 Å². The van der Waals surface area contributed by atoms with Crippen LogP contribution < -0.4 is 10.6 Å². The zero-order valence-electron chi connectivity index (χ0n) is 22.6. The molecule has 2 amide bonds. The number of H-pyrrole nitrogens is 1. The van der Waals surface area contributed by atoms with Gasteiger partial charge in [-0.3, -0.25) is 9.59 Å². The summed E-state index contributed by atoms with van der Waals surface area (Å²) in [6, 6.07) is 23.4. The van der Waals surface area contributed by atoms with Crippen LogP contribution >= 0.6 is 0 Å². The first-order valence-corrected chi connectivity index (χ1v) is 13.4. The molecule has 0 aliphatic carbocycles. The zero-order chi connectivity index (χ0) is 27.6. The summed E-state index contributed by atoms with van der Waals surface area (Å²) in [5.74, 6) is 0.448. The average molecular weight is 526 g/mol. The first kappa shape index (κ1) is 27.7. The lowest BCUT2D eigenvalue weighted by atomic mass is 9.97. The second-order valence-corrected chi connectivity index (χ2v) is 9.27. The summed E-state index contributed by atoms with van der Waals surface area (Å²) in [6.45, 7) is 7.89. The lowest BCUT2D eigenvalue weighted by molar-refractivity contribution is -0.116. The van der Waals surface area contributed by atoms with Crippen LogP contribution in [0.1, 0.15) is 49.5 Å². The molecule has 0 spiro atoms. The maximum atomic E-state index is 12.8. The molecule has 0 radical (unpaired) electrons. The number of carbonyl (C=O) groups is 2. The molecule has 0 fully saturated rings. The van der Waals surface area contributed by atoms with Gasteiger partial charge in [-0.15, -0.1) is 10.2 Å². The van der Waals surface area contributed by atoms with Crippen LogP contribution in [0.25, 0.3) is 22.5 Å². The number of benzene rings is 3. The number of rotatable bonds is 12. The highest BCUT2D eigenvalue weighted by molar-refractivity contribution is 5.96. The molecule has 4 aromatic rings. The fourth-order valence-electron chi connectivity index (χ4n) is 4.48. The van der Waals surface area contributed by atoms with Crippen molar-refractivity contribution in [1.29, 1.82) is 0 Å². The highest BCUT2D eigenvalue weighted by Gasteiger charge is 2.16. The van der Waals surface area contributed by atoms with Gasteiger partial charge in [0.2, 0.25) is 11.7 Å². The number of carbonyl (C=O) groups excluding carboxylic acids is 2. The molecule has 0 aliphatic rings. The van der Waals surface area contributed by atoms with Crippen molar-refractivity contribution in [2.24, 2.45) is 0 Å². The fraction of sp³-hybridized carbons (Fsp3) is 0.300. The number of anilines is 1. The molecule has 3 N–H and O–H groups in total. The Morgan fingerprint density at radius 1 is 0.923 bits per heavy atom. The van der Waals surface area contributed by atoms with Crippen LogP contribution in [0.2, 0.25) is 0 Å². The molecule has 0 saturated carbocycles. The molecule has 1 heterocycles. The molecule has 1 atom stereocenters. The summed E-state index contributed by atoms with van der Waals surface area (Å²) < 4.78 is 0. The Morgan fingerprint density at radius 3 is 2.31 bits per heavy atom. The summed E-state index contributed by atoms with van der Waals surface area (Å²) in [5.41, 5.74) is 5.34. The number of hydrogen-bond acceptors (Lipinski definition) is 6.